The number of hydrogen-bond acceptors (Lipinski definition) is 4. The average Bonchev–Trinajstić information content (AvgIpc) is 2.70. The molecule has 6 nitrogen and oxygen atoms in total. The molecule has 21 heavy (non-hydrogen) atoms. The molecule has 0 amide bonds. The van der Waals surface area contributed by atoms with E-state index in [4.69, 9.17) is 15.6 Å². The number of rotatable bonds is 6. The van der Waals surface area contributed by atoms with E-state index in [2.05, 4.69) is 5.10 Å². The number of aryl methyl sites for hydroxylation is 2. The minimum Gasteiger partial charge on any atom is -0.481 e. The highest BCUT2D eigenvalue weighted by Gasteiger charge is 2.17. The van der Waals surface area contributed by atoms with Crippen molar-refractivity contribution in [1.82, 2.24) is 9.78 Å². The lowest BCUT2D eigenvalue weighted by molar-refractivity contribution is -0.137. The van der Waals surface area contributed by atoms with Gasteiger partial charge in [-0.3, -0.25) is 4.79 Å². The highest BCUT2D eigenvalue weighted by atomic mass is 16.5. The number of ether oxygens (including phenoxy) is 1. The van der Waals surface area contributed by atoms with Crippen LogP contribution in [0, 0.1) is 6.92 Å². The van der Waals surface area contributed by atoms with Crippen molar-refractivity contribution in [2.45, 2.75) is 19.8 Å². The standard InChI is InChI=1S/C15H19N3O3/c1-10-5-7-11(8-6-10)13-14(16)17-18(2)15(13)21-9-3-4-12(19)20/h5-8H,3-4,9H2,1-2H3,(H2,16,17)(H,19,20). The Bertz CT molecular complexity index is 632. The second-order valence-electron chi connectivity index (χ2n) is 4.90. The molecule has 6 heteroatoms. The molecule has 0 saturated heterocycles. The Hall–Kier alpha value is -2.50. The zero-order chi connectivity index (χ0) is 15.4. The molecule has 0 saturated carbocycles. The molecular weight excluding hydrogens is 270 g/mol. The summed E-state index contributed by atoms with van der Waals surface area (Å²) in [4.78, 5) is 10.5. The third-order valence-corrected chi connectivity index (χ3v) is 3.14. The van der Waals surface area contributed by atoms with Gasteiger partial charge in [0.15, 0.2) is 5.82 Å². The Balaban J connectivity index is 2.21. The highest BCUT2D eigenvalue weighted by Crippen LogP contribution is 2.35. The van der Waals surface area contributed by atoms with Crippen LogP contribution in [0.5, 0.6) is 5.88 Å². The molecule has 1 aromatic heterocycles. The van der Waals surface area contributed by atoms with E-state index in [1.807, 2.05) is 31.2 Å². The van der Waals surface area contributed by atoms with Crippen LogP contribution in [-0.2, 0) is 11.8 Å². The van der Waals surface area contributed by atoms with Gasteiger partial charge in [0.05, 0.1) is 12.2 Å². The molecule has 0 atom stereocenters. The molecule has 3 N–H and O–H groups in total. The van der Waals surface area contributed by atoms with Gasteiger partial charge in [0.1, 0.15) is 0 Å². The van der Waals surface area contributed by atoms with Gasteiger partial charge in [0, 0.05) is 13.5 Å². The van der Waals surface area contributed by atoms with Crippen LogP contribution < -0.4 is 10.5 Å². The number of nitrogens with zero attached hydrogens (tertiary/aromatic N) is 2. The van der Waals surface area contributed by atoms with Gasteiger partial charge in [-0.05, 0) is 18.9 Å². The minimum absolute atomic E-state index is 0.0766. The number of benzene rings is 1. The summed E-state index contributed by atoms with van der Waals surface area (Å²) in [6, 6.07) is 7.92. The predicted molar refractivity (Wildman–Crippen MR) is 80.2 cm³/mol. The molecular formula is C15H19N3O3. The molecule has 2 rings (SSSR count). The van der Waals surface area contributed by atoms with Crippen LogP contribution in [0.25, 0.3) is 11.1 Å². The third-order valence-electron chi connectivity index (χ3n) is 3.14. The lowest BCUT2D eigenvalue weighted by Gasteiger charge is -2.09. The Morgan fingerprint density at radius 1 is 1.38 bits per heavy atom. The van der Waals surface area contributed by atoms with Gasteiger partial charge < -0.3 is 15.6 Å². The summed E-state index contributed by atoms with van der Waals surface area (Å²) in [5.41, 5.74) is 8.79. The van der Waals surface area contributed by atoms with E-state index < -0.39 is 5.97 Å². The Morgan fingerprint density at radius 3 is 2.67 bits per heavy atom. The number of anilines is 1. The lowest BCUT2D eigenvalue weighted by atomic mass is 10.1. The molecule has 0 bridgehead atoms. The summed E-state index contributed by atoms with van der Waals surface area (Å²) in [5, 5.41) is 12.8. The summed E-state index contributed by atoms with van der Waals surface area (Å²) >= 11 is 0. The number of hydrogen-bond donors (Lipinski definition) is 2. The quantitative estimate of drug-likeness (QED) is 0.796. The van der Waals surface area contributed by atoms with Gasteiger partial charge in [-0.15, -0.1) is 0 Å². The minimum atomic E-state index is -0.832. The molecule has 1 aromatic carbocycles. The Labute approximate surface area is 123 Å². The van der Waals surface area contributed by atoms with Crippen LogP contribution in [0.4, 0.5) is 5.82 Å². The molecule has 112 valence electrons. The van der Waals surface area contributed by atoms with Gasteiger partial charge in [0.25, 0.3) is 0 Å². The molecule has 0 spiro atoms. The summed E-state index contributed by atoms with van der Waals surface area (Å²) in [6.45, 7) is 2.32. The molecule has 0 aliphatic carbocycles. The Kier molecular flexibility index (Phi) is 4.47. The van der Waals surface area contributed by atoms with Crippen molar-refractivity contribution < 1.29 is 14.6 Å². The SMILES string of the molecule is Cc1ccc(-c2c(N)nn(C)c2OCCCC(=O)O)cc1. The van der Waals surface area contributed by atoms with E-state index >= 15 is 0 Å². The first-order valence-electron chi connectivity index (χ1n) is 6.73. The van der Waals surface area contributed by atoms with Crippen molar-refractivity contribution in [3.8, 4) is 17.0 Å². The molecule has 0 radical (unpaired) electrons. The molecule has 0 fully saturated rings. The summed E-state index contributed by atoms with van der Waals surface area (Å²) in [7, 11) is 1.75. The van der Waals surface area contributed by atoms with Gasteiger partial charge in [-0.1, -0.05) is 29.8 Å². The van der Waals surface area contributed by atoms with Crippen molar-refractivity contribution >= 4 is 11.8 Å². The lowest BCUT2D eigenvalue weighted by Crippen LogP contribution is -2.05. The second-order valence-corrected chi connectivity index (χ2v) is 4.90. The fourth-order valence-electron chi connectivity index (χ4n) is 2.08. The van der Waals surface area contributed by atoms with Crippen molar-refractivity contribution in [2.75, 3.05) is 12.3 Å². The van der Waals surface area contributed by atoms with E-state index in [9.17, 15) is 4.79 Å². The maximum absolute atomic E-state index is 10.5. The highest BCUT2D eigenvalue weighted by molar-refractivity contribution is 5.79. The first kappa shape index (κ1) is 14.9. The van der Waals surface area contributed by atoms with E-state index in [0.717, 1.165) is 16.7 Å². The van der Waals surface area contributed by atoms with Crippen LogP contribution in [0.2, 0.25) is 0 Å². The van der Waals surface area contributed by atoms with Gasteiger partial charge in [0.2, 0.25) is 5.88 Å². The number of aromatic nitrogens is 2. The predicted octanol–water partition coefficient (Wildman–Crippen LogP) is 2.22. The first-order chi connectivity index (χ1) is 9.99. The smallest absolute Gasteiger partial charge is 0.303 e. The van der Waals surface area contributed by atoms with Crippen LogP contribution in [-0.4, -0.2) is 27.5 Å². The zero-order valence-electron chi connectivity index (χ0n) is 12.2. The number of carboxylic acids is 1. The van der Waals surface area contributed by atoms with E-state index in [1.165, 1.54) is 0 Å². The normalized spacial score (nSPS) is 10.6. The molecule has 0 aliphatic rings. The van der Waals surface area contributed by atoms with Crippen LogP contribution in [0.3, 0.4) is 0 Å². The summed E-state index contributed by atoms with van der Waals surface area (Å²) in [5.74, 6) is 0.123. The first-order valence-corrected chi connectivity index (χ1v) is 6.73. The summed E-state index contributed by atoms with van der Waals surface area (Å²) < 4.78 is 7.26. The molecule has 0 aliphatic heterocycles. The van der Waals surface area contributed by atoms with Crippen molar-refractivity contribution in [3.05, 3.63) is 29.8 Å². The maximum atomic E-state index is 10.5. The molecule has 0 unspecified atom stereocenters. The van der Waals surface area contributed by atoms with Gasteiger partial charge in [-0.2, -0.15) is 5.10 Å². The monoisotopic (exact) mass is 289 g/mol. The fourth-order valence-corrected chi connectivity index (χ4v) is 2.08. The van der Waals surface area contributed by atoms with Crippen molar-refractivity contribution in [2.24, 2.45) is 7.05 Å². The molecule has 1 heterocycles. The zero-order valence-corrected chi connectivity index (χ0v) is 12.2. The number of nitrogens with two attached hydrogens (primary N) is 1. The average molecular weight is 289 g/mol. The summed E-state index contributed by atoms with van der Waals surface area (Å²) in [6.07, 6.45) is 0.515. The third kappa shape index (κ3) is 3.53. The number of aliphatic carboxylic acids is 1. The fraction of sp³-hybridized carbons (Fsp3) is 0.333. The van der Waals surface area contributed by atoms with Crippen molar-refractivity contribution in [1.29, 1.82) is 0 Å². The van der Waals surface area contributed by atoms with Crippen LogP contribution >= 0.6 is 0 Å². The van der Waals surface area contributed by atoms with E-state index in [-0.39, 0.29) is 6.42 Å². The Morgan fingerprint density at radius 2 is 2.05 bits per heavy atom. The van der Waals surface area contributed by atoms with Crippen molar-refractivity contribution in [3.63, 3.8) is 0 Å². The maximum Gasteiger partial charge on any atom is 0.303 e. The molecule has 2 aromatic rings. The van der Waals surface area contributed by atoms with E-state index in [0.29, 0.717) is 24.7 Å². The number of nitrogen functional groups attached to an aromatic ring is 1. The second kappa shape index (κ2) is 6.30. The van der Waals surface area contributed by atoms with Crippen LogP contribution in [0.15, 0.2) is 24.3 Å². The van der Waals surface area contributed by atoms with Gasteiger partial charge >= 0.3 is 5.97 Å². The van der Waals surface area contributed by atoms with Crippen LogP contribution in [0.1, 0.15) is 18.4 Å². The van der Waals surface area contributed by atoms with Gasteiger partial charge in [-0.25, -0.2) is 4.68 Å². The largest absolute Gasteiger partial charge is 0.481 e. The topological polar surface area (TPSA) is 90.4 Å². The number of carboxylic acid groups (broad SMARTS) is 1. The van der Waals surface area contributed by atoms with E-state index in [1.54, 1.807) is 11.7 Å². The number of carbonyl (C=O) groups is 1.